The average molecular weight is 349 g/mol. The van der Waals surface area contributed by atoms with Crippen molar-refractivity contribution in [1.82, 2.24) is 0 Å². The molecule has 1 atom stereocenters. The van der Waals surface area contributed by atoms with Gasteiger partial charge in [-0.25, -0.2) is 4.39 Å². The fourth-order valence-corrected chi connectivity index (χ4v) is 2.69. The molecule has 3 aromatic rings. The molecule has 0 saturated carbocycles. The molecule has 0 aromatic heterocycles. The number of hydrogen-bond acceptors (Lipinski definition) is 2. The molecule has 3 nitrogen and oxygen atoms in total. The number of anilines is 1. The van der Waals surface area contributed by atoms with E-state index in [1.54, 1.807) is 12.1 Å². The first-order valence-corrected chi connectivity index (χ1v) is 8.55. The van der Waals surface area contributed by atoms with Gasteiger partial charge in [-0.2, -0.15) is 0 Å². The lowest BCUT2D eigenvalue weighted by atomic mass is 10.0. The number of amides is 1. The normalized spacial score (nSPS) is 11.6. The molecule has 1 N–H and O–H groups in total. The van der Waals surface area contributed by atoms with Gasteiger partial charge in [0.1, 0.15) is 0 Å². The topological polar surface area (TPSA) is 38.3 Å². The summed E-state index contributed by atoms with van der Waals surface area (Å²) in [5.41, 5.74) is 2.62. The second-order valence-corrected chi connectivity index (χ2v) is 5.85. The second kappa shape index (κ2) is 8.30. The minimum Gasteiger partial charge on any atom is -0.478 e. The van der Waals surface area contributed by atoms with Crippen LogP contribution in [-0.2, 0) is 4.79 Å². The fraction of sp³-hybridized carbons (Fsp3) is 0.136. The summed E-state index contributed by atoms with van der Waals surface area (Å²) in [5.74, 6) is -0.714. The van der Waals surface area contributed by atoms with Gasteiger partial charge in [-0.05, 0) is 30.2 Å². The van der Waals surface area contributed by atoms with Crippen molar-refractivity contribution in [3.8, 4) is 16.9 Å². The van der Waals surface area contributed by atoms with Crippen molar-refractivity contribution in [2.24, 2.45) is 0 Å². The van der Waals surface area contributed by atoms with Gasteiger partial charge in [0, 0.05) is 11.3 Å². The molecule has 0 unspecified atom stereocenters. The van der Waals surface area contributed by atoms with Crippen molar-refractivity contribution in [3.63, 3.8) is 0 Å². The zero-order valence-electron chi connectivity index (χ0n) is 14.5. The molecular weight excluding hydrogens is 329 g/mol. The van der Waals surface area contributed by atoms with Crippen molar-refractivity contribution < 1.29 is 13.9 Å². The summed E-state index contributed by atoms with van der Waals surface area (Å²) in [6, 6.07) is 23.5. The molecule has 4 heteroatoms. The van der Waals surface area contributed by atoms with Crippen LogP contribution in [0.15, 0.2) is 78.9 Å². The van der Waals surface area contributed by atoms with Crippen LogP contribution in [0.5, 0.6) is 5.75 Å². The number of carbonyl (C=O) groups is 1. The van der Waals surface area contributed by atoms with Gasteiger partial charge in [-0.15, -0.1) is 0 Å². The highest BCUT2D eigenvalue weighted by Crippen LogP contribution is 2.28. The third-order valence-electron chi connectivity index (χ3n) is 4.04. The summed E-state index contributed by atoms with van der Waals surface area (Å²) in [4.78, 5) is 12.7. The van der Waals surface area contributed by atoms with E-state index in [0.29, 0.717) is 12.1 Å². The van der Waals surface area contributed by atoms with Crippen molar-refractivity contribution >= 4 is 11.6 Å². The van der Waals surface area contributed by atoms with E-state index in [9.17, 15) is 9.18 Å². The van der Waals surface area contributed by atoms with E-state index in [2.05, 4.69) is 5.32 Å². The van der Waals surface area contributed by atoms with Gasteiger partial charge in [0.05, 0.1) is 0 Å². The Morgan fingerprint density at radius 1 is 0.962 bits per heavy atom. The van der Waals surface area contributed by atoms with Crippen LogP contribution in [0, 0.1) is 5.82 Å². The summed E-state index contributed by atoms with van der Waals surface area (Å²) in [7, 11) is 0. The number of nitrogens with one attached hydrogen (secondary N) is 1. The lowest BCUT2D eigenvalue weighted by molar-refractivity contribution is -0.122. The van der Waals surface area contributed by atoms with Crippen molar-refractivity contribution in [1.29, 1.82) is 0 Å². The van der Waals surface area contributed by atoms with Gasteiger partial charge in [0.25, 0.3) is 5.91 Å². The fourth-order valence-electron chi connectivity index (χ4n) is 2.69. The van der Waals surface area contributed by atoms with E-state index in [4.69, 9.17) is 4.74 Å². The molecule has 0 spiro atoms. The molecule has 26 heavy (non-hydrogen) atoms. The van der Waals surface area contributed by atoms with Crippen molar-refractivity contribution in [2.75, 3.05) is 5.32 Å². The Labute approximate surface area is 152 Å². The molecule has 3 aromatic carbocycles. The van der Waals surface area contributed by atoms with E-state index >= 15 is 0 Å². The van der Waals surface area contributed by atoms with E-state index in [0.717, 1.165) is 11.1 Å². The standard InChI is InChI=1S/C22H20FNO2/c1-2-20(26-21-15-9-7-13-18(21)23)22(25)24-19-14-8-6-12-17(19)16-10-4-3-5-11-16/h3-15,20H,2H2,1H3,(H,24,25)/t20-/m1/s1. The molecular formula is C22H20FNO2. The largest absolute Gasteiger partial charge is 0.478 e. The zero-order chi connectivity index (χ0) is 18.4. The molecule has 0 radical (unpaired) electrons. The Bertz CT molecular complexity index is 880. The Kier molecular flexibility index (Phi) is 5.64. The summed E-state index contributed by atoms with van der Waals surface area (Å²) in [5, 5.41) is 2.91. The van der Waals surface area contributed by atoms with Crippen molar-refractivity contribution in [3.05, 3.63) is 84.7 Å². The SMILES string of the molecule is CC[C@@H](Oc1ccccc1F)C(=O)Nc1ccccc1-c1ccccc1. The third-order valence-corrected chi connectivity index (χ3v) is 4.04. The summed E-state index contributed by atoms with van der Waals surface area (Å²) >= 11 is 0. The highest BCUT2D eigenvalue weighted by Gasteiger charge is 2.21. The Morgan fingerprint density at radius 3 is 2.35 bits per heavy atom. The Morgan fingerprint density at radius 2 is 1.62 bits per heavy atom. The van der Waals surface area contributed by atoms with Crippen LogP contribution in [-0.4, -0.2) is 12.0 Å². The Hall–Kier alpha value is -3.14. The van der Waals surface area contributed by atoms with Crippen LogP contribution in [0.25, 0.3) is 11.1 Å². The maximum atomic E-state index is 13.8. The summed E-state index contributed by atoms with van der Waals surface area (Å²) in [6.45, 7) is 1.83. The van der Waals surface area contributed by atoms with Gasteiger partial charge >= 0.3 is 0 Å². The maximum Gasteiger partial charge on any atom is 0.265 e. The monoisotopic (exact) mass is 349 g/mol. The molecule has 0 heterocycles. The van der Waals surface area contributed by atoms with E-state index in [-0.39, 0.29) is 11.7 Å². The molecule has 0 bridgehead atoms. The number of rotatable bonds is 6. The van der Waals surface area contributed by atoms with Crippen LogP contribution in [0.3, 0.4) is 0 Å². The number of para-hydroxylation sites is 2. The minimum absolute atomic E-state index is 0.0749. The first-order chi connectivity index (χ1) is 12.7. The van der Waals surface area contributed by atoms with Crippen LogP contribution < -0.4 is 10.1 Å². The molecule has 0 fully saturated rings. The van der Waals surface area contributed by atoms with E-state index in [1.807, 2.05) is 61.5 Å². The van der Waals surface area contributed by atoms with Crippen LogP contribution in [0.1, 0.15) is 13.3 Å². The summed E-state index contributed by atoms with van der Waals surface area (Å²) in [6.07, 6.45) is -0.357. The summed E-state index contributed by atoms with van der Waals surface area (Å²) < 4.78 is 19.4. The van der Waals surface area contributed by atoms with Crippen LogP contribution in [0.4, 0.5) is 10.1 Å². The molecule has 132 valence electrons. The number of hydrogen-bond donors (Lipinski definition) is 1. The maximum absolute atomic E-state index is 13.8. The number of ether oxygens (including phenoxy) is 1. The van der Waals surface area contributed by atoms with Crippen LogP contribution in [0.2, 0.25) is 0 Å². The molecule has 1 amide bonds. The lowest BCUT2D eigenvalue weighted by Crippen LogP contribution is -2.32. The van der Waals surface area contributed by atoms with Crippen LogP contribution >= 0.6 is 0 Å². The average Bonchev–Trinajstić information content (AvgIpc) is 2.68. The van der Waals surface area contributed by atoms with Gasteiger partial charge in [-0.1, -0.05) is 67.6 Å². The Balaban J connectivity index is 1.80. The van der Waals surface area contributed by atoms with Gasteiger partial charge in [0.2, 0.25) is 0 Å². The number of carbonyl (C=O) groups excluding carboxylic acids is 1. The molecule has 0 saturated heterocycles. The van der Waals surface area contributed by atoms with E-state index < -0.39 is 11.9 Å². The predicted molar refractivity (Wildman–Crippen MR) is 102 cm³/mol. The third kappa shape index (κ3) is 4.09. The highest BCUT2D eigenvalue weighted by molar-refractivity contribution is 5.98. The second-order valence-electron chi connectivity index (χ2n) is 5.85. The van der Waals surface area contributed by atoms with Gasteiger partial charge in [-0.3, -0.25) is 4.79 Å². The van der Waals surface area contributed by atoms with Gasteiger partial charge < -0.3 is 10.1 Å². The number of halogens is 1. The molecule has 3 rings (SSSR count). The quantitative estimate of drug-likeness (QED) is 0.657. The molecule has 0 aliphatic rings. The van der Waals surface area contributed by atoms with Crippen molar-refractivity contribution in [2.45, 2.75) is 19.4 Å². The zero-order valence-corrected chi connectivity index (χ0v) is 14.5. The number of benzene rings is 3. The lowest BCUT2D eigenvalue weighted by Gasteiger charge is -2.19. The smallest absolute Gasteiger partial charge is 0.265 e. The first-order valence-electron chi connectivity index (χ1n) is 8.55. The van der Waals surface area contributed by atoms with E-state index in [1.165, 1.54) is 12.1 Å². The minimum atomic E-state index is -0.782. The highest BCUT2D eigenvalue weighted by atomic mass is 19.1. The predicted octanol–water partition coefficient (Wildman–Crippen LogP) is 5.29. The van der Waals surface area contributed by atoms with Gasteiger partial charge in [0.15, 0.2) is 17.7 Å². The molecule has 0 aliphatic carbocycles. The molecule has 0 aliphatic heterocycles. The first kappa shape index (κ1) is 17.7.